The van der Waals surface area contributed by atoms with Crippen LogP contribution < -0.4 is 25.2 Å². The van der Waals surface area contributed by atoms with Crippen molar-refractivity contribution in [1.82, 2.24) is 15.4 Å². The Bertz CT molecular complexity index is 1460. The summed E-state index contributed by atoms with van der Waals surface area (Å²) < 4.78 is 54.1. The third kappa shape index (κ3) is 11.2. The van der Waals surface area contributed by atoms with Crippen molar-refractivity contribution >= 4 is 31.9 Å². The Morgan fingerprint density at radius 3 is 1.44 bits per heavy atom. The molecule has 2 amide bonds. The van der Waals surface area contributed by atoms with E-state index >= 15 is 0 Å². The van der Waals surface area contributed by atoms with E-state index in [9.17, 15) is 26.4 Å². The molecule has 0 aromatic heterocycles. The van der Waals surface area contributed by atoms with Crippen molar-refractivity contribution < 1.29 is 31.2 Å². The van der Waals surface area contributed by atoms with Crippen LogP contribution in [0.4, 0.5) is 0 Å². The number of carbonyl (C=O) groups excluding carboxylic acids is 2. The highest BCUT2D eigenvalue weighted by Gasteiger charge is 2.13. The molecule has 0 spiro atoms. The van der Waals surface area contributed by atoms with Crippen LogP contribution in [0.15, 0.2) is 82.6 Å². The standard InChI is InChI=1S/C17H20N2O4S.C9H12N2O3S/c1-13(20)18-11-14-5-9-17(10-6-14)24(21,22)19-12-15-3-7-16(23-2)8-4-15;1-7(12)11-6-8-2-4-9(5-3-8)15(10,13)14/h3-10,19H,11-12H2,1-2H3,(H,18,20);2-5H,6H2,1H3,(H,11,12)(H2,10,13,14). The molecule has 0 atom stereocenters. The zero-order chi connectivity index (χ0) is 29.1. The molecule has 0 heterocycles. The van der Waals surface area contributed by atoms with Crippen LogP contribution >= 0.6 is 0 Å². The summed E-state index contributed by atoms with van der Waals surface area (Å²) in [6.45, 7) is 3.79. The summed E-state index contributed by atoms with van der Waals surface area (Å²) in [4.78, 5) is 21.7. The predicted molar refractivity (Wildman–Crippen MR) is 146 cm³/mol. The number of hydrogen-bond donors (Lipinski definition) is 4. The molecule has 39 heavy (non-hydrogen) atoms. The highest BCUT2D eigenvalue weighted by atomic mass is 32.2. The maximum absolute atomic E-state index is 12.3. The first kappa shape index (κ1) is 31.4. The van der Waals surface area contributed by atoms with Crippen molar-refractivity contribution in [3.05, 3.63) is 89.5 Å². The molecule has 3 aromatic carbocycles. The summed E-state index contributed by atoms with van der Waals surface area (Å²) in [5.74, 6) is 0.453. The molecule has 0 aliphatic rings. The minimum absolute atomic E-state index is 0.0640. The maximum atomic E-state index is 12.3. The Kier molecular flexibility index (Phi) is 11.6. The second-order valence-electron chi connectivity index (χ2n) is 8.33. The lowest BCUT2D eigenvalue weighted by atomic mass is 10.2. The van der Waals surface area contributed by atoms with Gasteiger partial charge in [-0.1, -0.05) is 36.4 Å². The molecular weight excluding hydrogens is 544 g/mol. The number of hydrogen-bond acceptors (Lipinski definition) is 7. The SMILES string of the molecule is CC(=O)NCc1ccc(S(N)(=O)=O)cc1.COc1ccc(CNS(=O)(=O)c2ccc(CNC(C)=O)cc2)cc1. The van der Waals surface area contributed by atoms with Gasteiger partial charge in [0.05, 0.1) is 16.9 Å². The number of rotatable bonds is 10. The van der Waals surface area contributed by atoms with Gasteiger partial charge in [-0.3, -0.25) is 9.59 Å². The first-order chi connectivity index (χ1) is 18.3. The molecule has 3 aromatic rings. The van der Waals surface area contributed by atoms with Gasteiger partial charge in [-0.15, -0.1) is 0 Å². The van der Waals surface area contributed by atoms with E-state index in [0.29, 0.717) is 13.1 Å². The van der Waals surface area contributed by atoms with E-state index < -0.39 is 20.0 Å². The molecule has 0 unspecified atom stereocenters. The molecule has 0 aliphatic heterocycles. The number of sulfonamides is 2. The number of benzene rings is 3. The number of methoxy groups -OCH3 is 1. The molecule has 210 valence electrons. The van der Waals surface area contributed by atoms with Gasteiger partial charge in [0.2, 0.25) is 31.9 Å². The molecular formula is C26H32N4O7S2. The first-order valence-corrected chi connectivity index (χ1v) is 14.7. The van der Waals surface area contributed by atoms with Gasteiger partial charge in [-0.25, -0.2) is 26.7 Å². The maximum Gasteiger partial charge on any atom is 0.240 e. The Hall–Kier alpha value is -3.78. The van der Waals surface area contributed by atoms with E-state index in [1.807, 2.05) is 0 Å². The van der Waals surface area contributed by atoms with Crippen LogP contribution in [0, 0.1) is 0 Å². The lowest BCUT2D eigenvalue weighted by molar-refractivity contribution is -0.120. The van der Waals surface area contributed by atoms with Gasteiger partial charge in [-0.05, 0) is 53.1 Å². The van der Waals surface area contributed by atoms with Crippen LogP contribution in [-0.2, 0) is 49.3 Å². The Morgan fingerprint density at radius 2 is 1.05 bits per heavy atom. The van der Waals surface area contributed by atoms with Gasteiger partial charge < -0.3 is 15.4 Å². The summed E-state index contributed by atoms with van der Waals surface area (Å²) in [5, 5.41) is 10.2. The average Bonchev–Trinajstić information content (AvgIpc) is 2.90. The predicted octanol–water partition coefficient (Wildman–Crippen LogP) is 1.78. The smallest absolute Gasteiger partial charge is 0.240 e. The molecule has 0 saturated heterocycles. The number of nitrogens with two attached hydrogens (primary N) is 1. The monoisotopic (exact) mass is 576 g/mol. The molecule has 13 heteroatoms. The fourth-order valence-corrected chi connectivity index (χ4v) is 4.57. The number of ether oxygens (including phenoxy) is 1. The summed E-state index contributed by atoms with van der Waals surface area (Å²) in [6.07, 6.45) is 0. The first-order valence-electron chi connectivity index (χ1n) is 11.6. The van der Waals surface area contributed by atoms with E-state index in [2.05, 4.69) is 15.4 Å². The molecule has 0 saturated carbocycles. The lowest BCUT2D eigenvalue weighted by Crippen LogP contribution is -2.23. The van der Waals surface area contributed by atoms with Gasteiger partial charge in [-0.2, -0.15) is 0 Å². The minimum Gasteiger partial charge on any atom is -0.497 e. The summed E-state index contributed by atoms with van der Waals surface area (Å²) in [6, 6.07) is 19.6. The number of primary sulfonamides is 1. The normalized spacial score (nSPS) is 11.1. The molecule has 0 aliphatic carbocycles. The van der Waals surface area contributed by atoms with E-state index in [1.54, 1.807) is 55.6 Å². The van der Waals surface area contributed by atoms with Gasteiger partial charge in [0.1, 0.15) is 5.75 Å². The van der Waals surface area contributed by atoms with Gasteiger partial charge in [0.25, 0.3) is 0 Å². The fraction of sp³-hybridized carbons (Fsp3) is 0.231. The second-order valence-corrected chi connectivity index (χ2v) is 11.7. The Balaban J connectivity index is 0.000000306. The highest BCUT2D eigenvalue weighted by Crippen LogP contribution is 2.14. The van der Waals surface area contributed by atoms with E-state index in [4.69, 9.17) is 9.88 Å². The van der Waals surface area contributed by atoms with Crippen LogP contribution in [-0.4, -0.2) is 35.8 Å². The van der Waals surface area contributed by atoms with E-state index in [0.717, 1.165) is 22.4 Å². The highest BCUT2D eigenvalue weighted by molar-refractivity contribution is 7.89. The molecule has 3 rings (SSSR count). The van der Waals surface area contributed by atoms with Gasteiger partial charge in [0.15, 0.2) is 0 Å². The minimum atomic E-state index is -3.64. The molecule has 11 nitrogen and oxygen atoms in total. The van der Waals surface area contributed by atoms with Crippen molar-refractivity contribution in [2.75, 3.05) is 7.11 Å². The van der Waals surface area contributed by atoms with Crippen LogP contribution in [0.25, 0.3) is 0 Å². The van der Waals surface area contributed by atoms with Crippen LogP contribution in [0.1, 0.15) is 30.5 Å². The summed E-state index contributed by atoms with van der Waals surface area (Å²) in [5.41, 5.74) is 2.48. The summed E-state index contributed by atoms with van der Waals surface area (Å²) in [7, 11) is -5.65. The van der Waals surface area contributed by atoms with Crippen molar-refractivity contribution in [3.63, 3.8) is 0 Å². The summed E-state index contributed by atoms with van der Waals surface area (Å²) >= 11 is 0. The molecule has 0 fully saturated rings. The molecule has 5 N–H and O–H groups in total. The second kappa shape index (κ2) is 14.4. The van der Waals surface area contributed by atoms with Gasteiger partial charge >= 0.3 is 0 Å². The lowest BCUT2D eigenvalue weighted by Gasteiger charge is -2.09. The van der Waals surface area contributed by atoms with E-state index in [-0.39, 0.29) is 28.2 Å². The van der Waals surface area contributed by atoms with Crippen LogP contribution in [0.3, 0.4) is 0 Å². The topological polar surface area (TPSA) is 174 Å². The quantitative estimate of drug-likeness (QED) is 0.285. The third-order valence-corrected chi connectivity index (χ3v) is 7.54. The van der Waals surface area contributed by atoms with Crippen molar-refractivity contribution in [1.29, 1.82) is 0 Å². The fourth-order valence-electron chi connectivity index (χ4n) is 3.04. The van der Waals surface area contributed by atoms with Crippen molar-refractivity contribution in [3.8, 4) is 5.75 Å². The zero-order valence-corrected chi connectivity index (χ0v) is 23.4. The molecule has 0 bridgehead atoms. The molecule has 0 radical (unpaired) electrons. The van der Waals surface area contributed by atoms with Crippen LogP contribution in [0.5, 0.6) is 5.75 Å². The Morgan fingerprint density at radius 1 is 0.667 bits per heavy atom. The Labute approximate surface area is 228 Å². The number of carbonyl (C=O) groups is 2. The van der Waals surface area contributed by atoms with Crippen molar-refractivity contribution in [2.45, 2.75) is 43.3 Å². The number of amides is 2. The number of nitrogens with one attached hydrogen (secondary N) is 3. The van der Waals surface area contributed by atoms with Crippen molar-refractivity contribution in [2.24, 2.45) is 5.14 Å². The van der Waals surface area contributed by atoms with E-state index in [1.165, 1.54) is 38.1 Å². The zero-order valence-electron chi connectivity index (χ0n) is 21.8. The van der Waals surface area contributed by atoms with Gasteiger partial charge in [0, 0.05) is 33.5 Å². The van der Waals surface area contributed by atoms with Crippen LogP contribution in [0.2, 0.25) is 0 Å². The largest absolute Gasteiger partial charge is 0.497 e. The average molecular weight is 577 g/mol. The third-order valence-electron chi connectivity index (χ3n) is 5.19.